The third-order valence-corrected chi connectivity index (χ3v) is 7.12. The summed E-state index contributed by atoms with van der Waals surface area (Å²) in [5.41, 5.74) is 0.295. The first kappa shape index (κ1) is 21.4. The zero-order chi connectivity index (χ0) is 20.6. The SMILES string of the molecule is CCN(CC)C(=O)[C@]1(c2ccccc2)C[C@@H]1CCCB1OC(C)(C)C(C)(C)O1. The van der Waals surface area contributed by atoms with Crippen LogP contribution in [0.2, 0.25) is 6.32 Å². The highest BCUT2D eigenvalue weighted by molar-refractivity contribution is 6.45. The molecule has 1 aromatic rings. The fourth-order valence-corrected chi connectivity index (χ4v) is 4.56. The van der Waals surface area contributed by atoms with Crippen molar-refractivity contribution in [2.45, 2.75) is 83.7 Å². The minimum atomic E-state index is -0.330. The van der Waals surface area contributed by atoms with Crippen molar-refractivity contribution in [1.82, 2.24) is 4.90 Å². The quantitative estimate of drug-likeness (QED) is 0.610. The normalized spacial score (nSPS) is 27.6. The van der Waals surface area contributed by atoms with Crippen LogP contribution < -0.4 is 0 Å². The summed E-state index contributed by atoms with van der Waals surface area (Å²) in [6, 6.07) is 10.4. The van der Waals surface area contributed by atoms with Gasteiger partial charge >= 0.3 is 7.12 Å². The van der Waals surface area contributed by atoms with Crippen LogP contribution in [-0.4, -0.2) is 42.2 Å². The number of likely N-dealkylation sites (N-methyl/N-ethyl adjacent to an activating group) is 1. The van der Waals surface area contributed by atoms with E-state index >= 15 is 0 Å². The molecule has 5 heteroatoms. The van der Waals surface area contributed by atoms with Crippen molar-refractivity contribution in [3.8, 4) is 0 Å². The molecule has 1 aliphatic heterocycles. The predicted molar refractivity (Wildman–Crippen MR) is 114 cm³/mol. The molecule has 1 aliphatic carbocycles. The van der Waals surface area contributed by atoms with Crippen LogP contribution in [0.5, 0.6) is 0 Å². The number of nitrogens with zero attached hydrogens (tertiary/aromatic N) is 1. The molecule has 0 aromatic heterocycles. The van der Waals surface area contributed by atoms with Crippen molar-refractivity contribution < 1.29 is 14.1 Å². The maximum atomic E-state index is 13.4. The second-order valence-corrected chi connectivity index (χ2v) is 9.33. The van der Waals surface area contributed by atoms with Gasteiger partial charge in [0, 0.05) is 13.1 Å². The van der Waals surface area contributed by atoms with E-state index in [2.05, 4.69) is 53.7 Å². The Morgan fingerprint density at radius 3 is 2.18 bits per heavy atom. The van der Waals surface area contributed by atoms with Crippen molar-refractivity contribution in [3.63, 3.8) is 0 Å². The molecule has 0 N–H and O–H groups in total. The number of carbonyl (C=O) groups excluding carboxylic acids is 1. The second-order valence-electron chi connectivity index (χ2n) is 9.33. The summed E-state index contributed by atoms with van der Waals surface area (Å²) in [5.74, 6) is 0.703. The van der Waals surface area contributed by atoms with Crippen LogP contribution in [0.4, 0.5) is 0 Å². The van der Waals surface area contributed by atoms with Gasteiger partial charge in [-0.2, -0.15) is 0 Å². The molecule has 0 spiro atoms. The summed E-state index contributed by atoms with van der Waals surface area (Å²) < 4.78 is 12.3. The summed E-state index contributed by atoms with van der Waals surface area (Å²) in [6.45, 7) is 14.0. The third kappa shape index (κ3) is 3.76. The molecule has 4 nitrogen and oxygen atoms in total. The number of amides is 1. The van der Waals surface area contributed by atoms with Gasteiger partial charge in [0.05, 0.1) is 16.6 Å². The molecule has 1 amide bonds. The average Bonchev–Trinajstić information content (AvgIpc) is 3.33. The topological polar surface area (TPSA) is 38.8 Å². The van der Waals surface area contributed by atoms with Gasteiger partial charge in [-0.05, 0) is 72.2 Å². The van der Waals surface area contributed by atoms with E-state index in [1.165, 1.54) is 5.56 Å². The standard InChI is InChI=1S/C23H36BNO3/c1-7-25(8-2)20(26)23(18-13-10-9-11-14-18)17-19(23)15-12-16-24-27-21(3,4)22(5,6)28-24/h9-11,13-14,19H,7-8,12,15-17H2,1-6H3/t19-,23-/m0/s1. The lowest BCUT2D eigenvalue weighted by Gasteiger charge is -2.32. The summed E-state index contributed by atoms with van der Waals surface area (Å²) in [4.78, 5) is 15.4. The summed E-state index contributed by atoms with van der Waals surface area (Å²) >= 11 is 0. The van der Waals surface area contributed by atoms with Gasteiger partial charge in [-0.1, -0.05) is 36.8 Å². The maximum Gasteiger partial charge on any atom is 0.457 e. The Morgan fingerprint density at radius 1 is 1.07 bits per heavy atom. The van der Waals surface area contributed by atoms with E-state index in [0.717, 1.165) is 38.7 Å². The van der Waals surface area contributed by atoms with Crippen molar-refractivity contribution in [2.75, 3.05) is 13.1 Å². The summed E-state index contributed by atoms with van der Waals surface area (Å²) in [5, 5.41) is 0. The van der Waals surface area contributed by atoms with Crippen molar-refractivity contribution in [2.24, 2.45) is 5.92 Å². The zero-order valence-electron chi connectivity index (χ0n) is 18.5. The van der Waals surface area contributed by atoms with E-state index in [1.54, 1.807) is 0 Å². The van der Waals surface area contributed by atoms with Gasteiger partial charge in [0.25, 0.3) is 0 Å². The first-order valence-electron chi connectivity index (χ1n) is 10.9. The molecule has 1 heterocycles. The third-order valence-electron chi connectivity index (χ3n) is 7.12. The number of hydrogen-bond donors (Lipinski definition) is 0. The number of hydrogen-bond acceptors (Lipinski definition) is 3. The van der Waals surface area contributed by atoms with Crippen LogP contribution in [-0.2, 0) is 19.5 Å². The van der Waals surface area contributed by atoms with E-state index in [9.17, 15) is 4.79 Å². The molecule has 1 aromatic carbocycles. The van der Waals surface area contributed by atoms with E-state index in [-0.39, 0.29) is 23.7 Å². The van der Waals surface area contributed by atoms with Gasteiger partial charge in [-0.25, -0.2) is 0 Å². The molecule has 1 saturated carbocycles. The molecule has 2 atom stereocenters. The van der Waals surface area contributed by atoms with Gasteiger partial charge in [0.1, 0.15) is 0 Å². The fraction of sp³-hybridized carbons (Fsp3) is 0.696. The Labute approximate surface area is 171 Å². The van der Waals surface area contributed by atoms with Crippen LogP contribution >= 0.6 is 0 Å². The predicted octanol–water partition coefficient (Wildman–Crippen LogP) is 4.69. The van der Waals surface area contributed by atoms with Crippen LogP contribution in [0.15, 0.2) is 30.3 Å². The summed E-state index contributed by atoms with van der Waals surface area (Å²) in [6.07, 6.45) is 3.89. The van der Waals surface area contributed by atoms with Crippen LogP contribution in [0.25, 0.3) is 0 Å². The molecule has 1 saturated heterocycles. The molecule has 0 unspecified atom stereocenters. The molecule has 0 radical (unpaired) electrons. The lowest BCUT2D eigenvalue weighted by atomic mass is 9.81. The smallest absolute Gasteiger partial charge is 0.403 e. The zero-order valence-corrected chi connectivity index (χ0v) is 18.5. The Balaban J connectivity index is 1.64. The highest BCUT2D eigenvalue weighted by Gasteiger charge is 2.61. The Morgan fingerprint density at radius 2 is 1.64 bits per heavy atom. The van der Waals surface area contributed by atoms with Crippen LogP contribution in [0, 0.1) is 5.92 Å². The number of carbonyl (C=O) groups is 1. The molecule has 2 aliphatic rings. The van der Waals surface area contributed by atoms with Crippen molar-refractivity contribution in [3.05, 3.63) is 35.9 Å². The molecular formula is C23H36BNO3. The molecule has 0 bridgehead atoms. The lowest BCUT2D eigenvalue weighted by molar-refractivity contribution is -0.134. The second kappa shape index (κ2) is 7.83. The van der Waals surface area contributed by atoms with Gasteiger partial charge in [0.2, 0.25) is 5.91 Å². The Hall–Kier alpha value is -1.33. The Kier molecular flexibility index (Phi) is 5.98. The van der Waals surface area contributed by atoms with Gasteiger partial charge in [0.15, 0.2) is 0 Å². The number of benzene rings is 1. The van der Waals surface area contributed by atoms with Gasteiger partial charge in [-0.3, -0.25) is 4.79 Å². The van der Waals surface area contributed by atoms with Crippen molar-refractivity contribution in [1.29, 1.82) is 0 Å². The highest BCUT2D eigenvalue weighted by Crippen LogP contribution is 2.58. The first-order valence-corrected chi connectivity index (χ1v) is 10.9. The maximum absolute atomic E-state index is 13.4. The van der Waals surface area contributed by atoms with Crippen LogP contribution in [0.3, 0.4) is 0 Å². The van der Waals surface area contributed by atoms with Gasteiger partial charge in [-0.15, -0.1) is 0 Å². The minimum Gasteiger partial charge on any atom is -0.403 e. The monoisotopic (exact) mass is 385 g/mol. The molecule has 3 rings (SSSR count). The van der Waals surface area contributed by atoms with Gasteiger partial charge < -0.3 is 14.2 Å². The van der Waals surface area contributed by atoms with Crippen LogP contribution in [0.1, 0.15) is 66.4 Å². The number of rotatable bonds is 8. The first-order chi connectivity index (χ1) is 13.2. The molecule has 2 fully saturated rings. The molecule has 28 heavy (non-hydrogen) atoms. The van der Waals surface area contributed by atoms with E-state index < -0.39 is 0 Å². The highest BCUT2D eigenvalue weighted by atomic mass is 16.7. The Bertz CT molecular complexity index is 670. The fourth-order valence-electron chi connectivity index (χ4n) is 4.56. The molecule has 154 valence electrons. The average molecular weight is 385 g/mol. The van der Waals surface area contributed by atoms with E-state index in [4.69, 9.17) is 9.31 Å². The van der Waals surface area contributed by atoms with E-state index in [0.29, 0.717) is 11.8 Å². The largest absolute Gasteiger partial charge is 0.457 e. The van der Waals surface area contributed by atoms with Crippen molar-refractivity contribution >= 4 is 13.0 Å². The summed E-state index contributed by atoms with van der Waals surface area (Å²) in [7, 11) is -0.145. The minimum absolute atomic E-state index is 0.145. The van der Waals surface area contributed by atoms with E-state index in [1.807, 2.05) is 23.1 Å². The molecular weight excluding hydrogens is 349 g/mol. The lowest BCUT2D eigenvalue weighted by Crippen LogP contribution is -2.41.